The molecule has 1 aromatic rings. The van der Waals surface area contributed by atoms with E-state index in [0.717, 1.165) is 6.07 Å². The zero-order valence-corrected chi connectivity index (χ0v) is 15.3. The molecule has 0 bridgehead atoms. The lowest BCUT2D eigenvalue weighted by atomic mass is 10.3. The number of allylic oxidation sites excluding steroid dienone is 1. The van der Waals surface area contributed by atoms with Gasteiger partial charge in [-0.1, -0.05) is 23.2 Å². The molecule has 1 fully saturated rings. The lowest BCUT2D eigenvalue weighted by Gasteiger charge is -2.26. The molecule has 2 rings (SSSR count). The summed E-state index contributed by atoms with van der Waals surface area (Å²) in [6.45, 7) is 0.795. The lowest BCUT2D eigenvalue weighted by molar-refractivity contribution is -0.165. The Labute approximate surface area is 157 Å². The largest absolute Gasteiger partial charge is 0.455 e. The Balaban J connectivity index is 2.26. The van der Waals surface area contributed by atoms with E-state index in [1.54, 1.807) is 0 Å². The van der Waals surface area contributed by atoms with Gasteiger partial charge in [-0.25, -0.2) is 8.42 Å². The van der Waals surface area contributed by atoms with Gasteiger partial charge in [-0.3, -0.25) is 4.79 Å². The van der Waals surface area contributed by atoms with Crippen molar-refractivity contribution in [3.05, 3.63) is 34.5 Å². The van der Waals surface area contributed by atoms with Gasteiger partial charge in [0.25, 0.3) is 5.78 Å². The number of halogens is 5. The predicted octanol–water partition coefficient (Wildman–Crippen LogP) is 2.98. The van der Waals surface area contributed by atoms with Gasteiger partial charge in [0.2, 0.25) is 10.0 Å². The van der Waals surface area contributed by atoms with Crippen LogP contribution in [0.4, 0.5) is 18.9 Å². The first kappa shape index (κ1) is 21.0. The molecule has 1 heterocycles. The lowest BCUT2D eigenvalue weighted by Crippen LogP contribution is -2.40. The minimum absolute atomic E-state index is 0.0523. The highest BCUT2D eigenvalue weighted by atomic mass is 35.5. The quantitative estimate of drug-likeness (QED) is 0.723. The Kier molecular flexibility index (Phi) is 6.56. The van der Waals surface area contributed by atoms with Crippen molar-refractivity contribution in [1.82, 2.24) is 4.31 Å². The number of rotatable bonds is 5. The summed E-state index contributed by atoms with van der Waals surface area (Å²) in [4.78, 5) is 10.7. The van der Waals surface area contributed by atoms with Crippen molar-refractivity contribution in [3.63, 3.8) is 0 Å². The SMILES string of the molecule is O=C(C(Cl)=CNc1ccc(Cl)c(S(=O)(=O)N2CCOCC2)c1)C(F)(F)F. The van der Waals surface area contributed by atoms with Crippen molar-refractivity contribution >= 4 is 44.7 Å². The van der Waals surface area contributed by atoms with Crippen LogP contribution in [0.15, 0.2) is 34.3 Å². The first-order valence-electron chi connectivity index (χ1n) is 7.14. The van der Waals surface area contributed by atoms with Crippen molar-refractivity contribution in [3.8, 4) is 0 Å². The molecule has 1 aromatic carbocycles. The normalized spacial score (nSPS) is 17.2. The Hall–Kier alpha value is -1.33. The second kappa shape index (κ2) is 8.13. The molecule has 1 aliphatic heterocycles. The number of nitrogens with one attached hydrogen (secondary N) is 1. The molecule has 1 aliphatic rings. The number of nitrogens with zero attached hydrogens (tertiary/aromatic N) is 1. The second-order valence-corrected chi connectivity index (χ2v) is 7.85. The van der Waals surface area contributed by atoms with Crippen LogP contribution in [0.2, 0.25) is 5.02 Å². The average Bonchev–Trinajstić information content (AvgIpc) is 2.59. The van der Waals surface area contributed by atoms with Gasteiger partial charge in [0.15, 0.2) is 0 Å². The van der Waals surface area contributed by atoms with Gasteiger partial charge in [0.1, 0.15) is 9.93 Å². The second-order valence-electron chi connectivity index (χ2n) is 5.13. The Morgan fingerprint density at radius 1 is 1.27 bits per heavy atom. The molecule has 1 saturated heterocycles. The van der Waals surface area contributed by atoms with Gasteiger partial charge in [-0.05, 0) is 18.2 Å². The molecule has 12 heteroatoms. The van der Waals surface area contributed by atoms with E-state index in [1.807, 2.05) is 0 Å². The van der Waals surface area contributed by atoms with E-state index in [0.29, 0.717) is 6.20 Å². The number of hydrogen-bond donors (Lipinski definition) is 1. The van der Waals surface area contributed by atoms with Crippen LogP contribution in [0.5, 0.6) is 0 Å². The third-order valence-corrected chi connectivity index (χ3v) is 6.02. The summed E-state index contributed by atoms with van der Waals surface area (Å²) in [5.41, 5.74) is 0.0920. The van der Waals surface area contributed by atoms with Crippen LogP contribution in [-0.2, 0) is 19.6 Å². The van der Waals surface area contributed by atoms with E-state index in [-0.39, 0.29) is 41.9 Å². The molecule has 0 aromatic heterocycles. The van der Waals surface area contributed by atoms with Crippen LogP contribution < -0.4 is 5.32 Å². The maximum Gasteiger partial charge on any atom is 0.455 e. The van der Waals surface area contributed by atoms with Crippen molar-refractivity contribution in [1.29, 1.82) is 0 Å². The fraction of sp³-hybridized carbons (Fsp3) is 0.357. The van der Waals surface area contributed by atoms with E-state index < -0.39 is 27.0 Å². The topological polar surface area (TPSA) is 75.7 Å². The molecule has 6 nitrogen and oxygen atoms in total. The monoisotopic (exact) mass is 432 g/mol. The van der Waals surface area contributed by atoms with Crippen LogP contribution in [-0.4, -0.2) is 51.0 Å². The number of carbonyl (C=O) groups excluding carboxylic acids is 1. The Bertz CT molecular complexity index is 822. The summed E-state index contributed by atoms with van der Waals surface area (Å²) in [6, 6.07) is 3.75. The minimum Gasteiger partial charge on any atom is -0.379 e. The van der Waals surface area contributed by atoms with E-state index in [1.165, 1.54) is 16.4 Å². The van der Waals surface area contributed by atoms with Crippen LogP contribution in [0.3, 0.4) is 0 Å². The fourth-order valence-corrected chi connectivity index (χ4v) is 4.13. The smallest absolute Gasteiger partial charge is 0.379 e. The molecule has 0 aliphatic carbocycles. The summed E-state index contributed by atoms with van der Waals surface area (Å²) in [5, 5.41) is 1.21. The third-order valence-electron chi connectivity index (χ3n) is 3.36. The molecule has 144 valence electrons. The third kappa shape index (κ3) is 4.89. The van der Waals surface area contributed by atoms with Crippen molar-refractivity contribution < 1.29 is 31.1 Å². The number of anilines is 1. The van der Waals surface area contributed by atoms with E-state index in [2.05, 4.69) is 5.32 Å². The van der Waals surface area contributed by atoms with E-state index in [9.17, 15) is 26.4 Å². The zero-order valence-electron chi connectivity index (χ0n) is 13.0. The molecular weight excluding hydrogens is 420 g/mol. The van der Waals surface area contributed by atoms with Crippen LogP contribution >= 0.6 is 23.2 Å². The summed E-state index contributed by atoms with van der Waals surface area (Å²) < 4.78 is 68.5. The van der Waals surface area contributed by atoms with Gasteiger partial charge in [0.05, 0.1) is 18.2 Å². The van der Waals surface area contributed by atoms with Crippen LogP contribution in [0.25, 0.3) is 0 Å². The molecule has 26 heavy (non-hydrogen) atoms. The minimum atomic E-state index is -5.11. The number of hydrogen-bond acceptors (Lipinski definition) is 5. The number of morpholine rings is 1. The highest BCUT2D eigenvalue weighted by molar-refractivity contribution is 7.89. The van der Waals surface area contributed by atoms with Crippen molar-refractivity contribution in [2.24, 2.45) is 0 Å². The van der Waals surface area contributed by atoms with E-state index >= 15 is 0 Å². The first-order chi connectivity index (χ1) is 12.0. The Morgan fingerprint density at radius 3 is 2.46 bits per heavy atom. The molecule has 0 atom stereocenters. The predicted molar refractivity (Wildman–Crippen MR) is 89.7 cm³/mol. The molecule has 0 spiro atoms. The number of sulfonamides is 1. The van der Waals surface area contributed by atoms with Gasteiger partial charge in [-0.2, -0.15) is 17.5 Å². The summed E-state index contributed by atoms with van der Waals surface area (Å²) in [6.07, 6.45) is -4.48. The molecule has 0 unspecified atom stereocenters. The molecule has 0 saturated carbocycles. The number of Topliss-reactive ketones (excluding diaryl/α,β-unsaturated/α-hetero) is 1. The molecule has 0 amide bonds. The van der Waals surface area contributed by atoms with Crippen molar-refractivity contribution in [2.45, 2.75) is 11.1 Å². The van der Waals surface area contributed by atoms with Crippen LogP contribution in [0, 0.1) is 0 Å². The maximum absolute atomic E-state index is 12.7. The maximum atomic E-state index is 12.7. The fourth-order valence-electron chi connectivity index (χ4n) is 2.06. The van der Waals surface area contributed by atoms with Gasteiger partial charge >= 0.3 is 6.18 Å². The summed E-state index contributed by atoms with van der Waals surface area (Å²) in [7, 11) is -3.91. The highest BCUT2D eigenvalue weighted by Gasteiger charge is 2.40. The zero-order chi connectivity index (χ0) is 19.5. The van der Waals surface area contributed by atoms with Gasteiger partial charge < -0.3 is 10.1 Å². The van der Waals surface area contributed by atoms with Crippen LogP contribution in [0.1, 0.15) is 0 Å². The van der Waals surface area contributed by atoms with Gasteiger partial charge in [-0.15, -0.1) is 0 Å². The molecular formula is C14H13Cl2F3N2O4S. The molecule has 1 N–H and O–H groups in total. The van der Waals surface area contributed by atoms with Gasteiger partial charge in [0, 0.05) is 25.0 Å². The standard InChI is InChI=1S/C14H13Cl2F3N2O4S/c15-10-2-1-9(20-8-11(16)13(22)14(17,18)19)7-12(10)26(23,24)21-3-5-25-6-4-21/h1-2,7-8,20H,3-6H2. The highest BCUT2D eigenvalue weighted by Crippen LogP contribution is 2.29. The number of benzene rings is 1. The Morgan fingerprint density at radius 2 is 1.88 bits per heavy atom. The molecule has 0 radical (unpaired) electrons. The van der Waals surface area contributed by atoms with Crippen molar-refractivity contribution in [2.75, 3.05) is 31.6 Å². The number of ketones is 1. The number of carbonyl (C=O) groups is 1. The summed E-state index contributed by atoms with van der Waals surface area (Å²) in [5.74, 6) is -2.22. The summed E-state index contributed by atoms with van der Waals surface area (Å²) >= 11 is 11.3. The number of ether oxygens (including phenoxy) is 1. The first-order valence-corrected chi connectivity index (χ1v) is 9.34. The van der Waals surface area contributed by atoms with E-state index in [4.69, 9.17) is 27.9 Å². The number of alkyl halides is 3. The average molecular weight is 433 g/mol.